The number of ether oxygens (including phenoxy) is 2. The van der Waals surface area contributed by atoms with Gasteiger partial charge in [0.15, 0.2) is 11.5 Å². The van der Waals surface area contributed by atoms with Crippen molar-refractivity contribution in [3.05, 3.63) is 17.7 Å². The molecule has 1 aromatic carbocycles. The highest BCUT2D eigenvalue weighted by Gasteiger charge is 2.25. The van der Waals surface area contributed by atoms with Crippen LogP contribution in [0.5, 0.6) is 11.5 Å². The highest BCUT2D eigenvalue weighted by atomic mass is 16.6. The molecule has 92 valence electrons. The average molecular weight is 234 g/mol. The van der Waals surface area contributed by atoms with Crippen LogP contribution in [0.3, 0.4) is 0 Å². The van der Waals surface area contributed by atoms with Gasteiger partial charge in [-0.25, -0.2) is 0 Å². The fraction of sp³-hybridized carbons (Fsp3) is 0.538. The highest BCUT2D eigenvalue weighted by molar-refractivity contribution is 5.63. The van der Waals surface area contributed by atoms with Crippen molar-refractivity contribution in [1.82, 2.24) is 4.90 Å². The number of benzene rings is 1. The van der Waals surface area contributed by atoms with E-state index >= 15 is 0 Å². The van der Waals surface area contributed by atoms with Crippen LogP contribution < -0.4 is 14.8 Å². The average Bonchev–Trinajstić information content (AvgIpc) is 2.35. The van der Waals surface area contributed by atoms with Gasteiger partial charge in [-0.3, -0.25) is 0 Å². The van der Waals surface area contributed by atoms with Crippen LogP contribution in [0, 0.1) is 0 Å². The number of fused-ring (bicyclic) bond motifs is 2. The van der Waals surface area contributed by atoms with Gasteiger partial charge in [0.2, 0.25) is 0 Å². The molecule has 0 saturated heterocycles. The van der Waals surface area contributed by atoms with Gasteiger partial charge in [-0.05, 0) is 32.1 Å². The first-order valence-corrected chi connectivity index (χ1v) is 6.09. The minimum Gasteiger partial charge on any atom is -0.486 e. The standard InChI is InChI=1S/C13H18N2O2/c1-15(2)11-3-4-14-10-8-13-12(7-9(10)11)16-5-6-17-13/h7-8,11,14H,3-6H2,1-2H3. The Hall–Kier alpha value is -1.42. The van der Waals surface area contributed by atoms with Crippen molar-refractivity contribution >= 4 is 5.69 Å². The van der Waals surface area contributed by atoms with E-state index in [1.165, 1.54) is 11.3 Å². The molecule has 17 heavy (non-hydrogen) atoms. The molecular weight excluding hydrogens is 216 g/mol. The number of rotatable bonds is 1. The van der Waals surface area contributed by atoms with Crippen LogP contribution in [0.1, 0.15) is 18.0 Å². The van der Waals surface area contributed by atoms with Crippen molar-refractivity contribution in [3.8, 4) is 11.5 Å². The summed E-state index contributed by atoms with van der Waals surface area (Å²) < 4.78 is 11.3. The zero-order valence-corrected chi connectivity index (χ0v) is 10.3. The van der Waals surface area contributed by atoms with E-state index in [-0.39, 0.29) is 0 Å². The van der Waals surface area contributed by atoms with E-state index in [1.807, 2.05) is 0 Å². The zero-order valence-electron chi connectivity index (χ0n) is 10.3. The van der Waals surface area contributed by atoms with E-state index in [0.29, 0.717) is 19.3 Å². The Morgan fingerprint density at radius 3 is 2.59 bits per heavy atom. The number of nitrogens with zero attached hydrogens (tertiary/aromatic N) is 1. The lowest BCUT2D eigenvalue weighted by Crippen LogP contribution is -2.28. The second kappa shape index (κ2) is 4.11. The summed E-state index contributed by atoms with van der Waals surface area (Å²) >= 11 is 0. The first-order chi connectivity index (χ1) is 8.25. The van der Waals surface area contributed by atoms with Crippen molar-refractivity contribution in [2.75, 3.05) is 39.2 Å². The number of nitrogens with one attached hydrogen (secondary N) is 1. The van der Waals surface area contributed by atoms with Crippen molar-refractivity contribution in [2.24, 2.45) is 0 Å². The van der Waals surface area contributed by atoms with E-state index in [2.05, 4.69) is 36.4 Å². The smallest absolute Gasteiger partial charge is 0.163 e. The van der Waals surface area contributed by atoms with Gasteiger partial charge in [-0.15, -0.1) is 0 Å². The van der Waals surface area contributed by atoms with E-state index < -0.39 is 0 Å². The summed E-state index contributed by atoms with van der Waals surface area (Å²) in [5.41, 5.74) is 2.49. The van der Waals surface area contributed by atoms with E-state index in [4.69, 9.17) is 9.47 Å². The Morgan fingerprint density at radius 2 is 1.88 bits per heavy atom. The Labute approximate surface area is 102 Å². The van der Waals surface area contributed by atoms with Crippen molar-refractivity contribution in [3.63, 3.8) is 0 Å². The molecule has 3 rings (SSSR count). The SMILES string of the molecule is CN(C)C1CCNc2cc3c(cc21)OCCO3. The van der Waals surface area contributed by atoms with Gasteiger partial charge in [0.25, 0.3) is 0 Å². The Bertz CT molecular complexity index is 432. The van der Waals surface area contributed by atoms with E-state index in [9.17, 15) is 0 Å². The summed E-state index contributed by atoms with van der Waals surface area (Å²) in [6.45, 7) is 2.30. The first-order valence-electron chi connectivity index (χ1n) is 6.09. The molecule has 1 unspecified atom stereocenters. The fourth-order valence-corrected chi connectivity index (χ4v) is 2.57. The third kappa shape index (κ3) is 1.82. The van der Waals surface area contributed by atoms with Crippen LogP contribution in [0.2, 0.25) is 0 Å². The van der Waals surface area contributed by atoms with Crippen molar-refractivity contribution in [1.29, 1.82) is 0 Å². The molecule has 1 atom stereocenters. The lowest BCUT2D eigenvalue weighted by atomic mass is 9.96. The van der Waals surface area contributed by atoms with Crippen LogP contribution >= 0.6 is 0 Å². The van der Waals surface area contributed by atoms with E-state index in [1.54, 1.807) is 0 Å². The maximum Gasteiger partial charge on any atom is 0.163 e. The van der Waals surface area contributed by atoms with Crippen LogP contribution in [-0.4, -0.2) is 38.8 Å². The van der Waals surface area contributed by atoms with Gasteiger partial charge >= 0.3 is 0 Å². The van der Waals surface area contributed by atoms with Crippen LogP contribution in [0.25, 0.3) is 0 Å². The highest BCUT2D eigenvalue weighted by Crippen LogP contribution is 2.41. The molecule has 2 aliphatic heterocycles. The molecule has 1 aromatic rings. The number of hydrogen-bond acceptors (Lipinski definition) is 4. The van der Waals surface area contributed by atoms with Gasteiger partial charge in [0.05, 0.1) is 0 Å². The third-order valence-electron chi connectivity index (χ3n) is 3.43. The van der Waals surface area contributed by atoms with Crippen LogP contribution in [0.15, 0.2) is 12.1 Å². The lowest BCUT2D eigenvalue weighted by Gasteiger charge is -2.33. The quantitative estimate of drug-likeness (QED) is 0.804. The molecule has 0 fully saturated rings. The minimum atomic E-state index is 0.460. The molecule has 4 heteroatoms. The molecule has 0 aromatic heterocycles. The summed E-state index contributed by atoms with van der Waals surface area (Å²) in [5, 5.41) is 3.44. The molecule has 4 nitrogen and oxygen atoms in total. The van der Waals surface area contributed by atoms with Crippen molar-refractivity contribution < 1.29 is 9.47 Å². The number of hydrogen-bond donors (Lipinski definition) is 1. The molecule has 2 heterocycles. The fourth-order valence-electron chi connectivity index (χ4n) is 2.57. The Kier molecular flexibility index (Phi) is 2.59. The van der Waals surface area contributed by atoms with Crippen LogP contribution in [0.4, 0.5) is 5.69 Å². The second-order valence-electron chi connectivity index (χ2n) is 4.78. The zero-order chi connectivity index (χ0) is 11.8. The summed E-state index contributed by atoms with van der Waals surface area (Å²) in [7, 11) is 4.24. The summed E-state index contributed by atoms with van der Waals surface area (Å²) in [5.74, 6) is 1.74. The molecule has 0 aliphatic carbocycles. The van der Waals surface area contributed by atoms with Crippen LogP contribution in [-0.2, 0) is 0 Å². The Morgan fingerprint density at radius 1 is 1.18 bits per heavy atom. The maximum atomic E-state index is 5.65. The normalized spacial score (nSPS) is 21.9. The molecular formula is C13H18N2O2. The van der Waals surface area contributed by atoms with E-state index in [0.717, 1.165) is 24.5 Å². The summed E-state index contributed by atoms with van der Waals surface area (Å²) in [6, 6.07) is 4.65. The summed E-state index contributed by atoms with van der Waals surface area (Å²) in [4.78, 5) is 2.26. The third-order valence-corrected chi connectivity index (χ3v) is 3.43. The maximum absolute atomic E-state index is 5.65. The molecule has 1 N–H and O–H groups in total. The molecule has 2 aliphatic rings. The second-order valence-corrected chi connectivity index (χ2v) is 4.78. The predicted octanol–water partition coefficient (Wildman–Crippen LogP) is 1.88. The van der Waals surface area contributed by atoms with Crippen molar-refractivity contribution in [2.45, 2.75) is 12.5 Å². The molecule has 0 saturated carbocycles. The molecule has 0 bridgehead atoms. The molecule has 0 amide bonds. The topological polar surface area (TPSA) is 33.7 Å². The van der Waals surface area contributed by atoms with Gasteiger partial charge in [0, 0.05) is 24.3 Å². The molecule has 0 radical (unpaired) electrons. The lowest BCUT2D eigenvalue weighted by molar-refractivity contribution is 0.170. The van der Waals surface area contributed by atoms with Gasteiger partial charge < -0.3 is 19.7 Å². The predicted molar refractivity (Wildman–Crippen MR) is 67.0 cm³/mol. The Balaban J connectivity index is 2.04. The number of anilines is 1. The largest absolute Gasteiger partial charge is 0.486 e. The monoisotopic (exact) mass is 234 g/mol. The van der Waals surface area contributed by atoms with Gasteiger partial charge in [-0.1, -0.05) is 0 Å². The molecule has 0 spiro atoms. The van der Waals surface area contributed by atoms with Gasteiger partial charge in [-0.2, -0.15) is 0 Å². The first kappa shape index (κ1) is 10.7. The van der Waals surface area contributed by atoms with Gasteiger partial charge in [0.1, 0.15) is 13.2 Å². The summed E-state index contributed by atoms with van der Waals surface area (Å²) in [6.07, 6.45) is 1.12. The minimum absolute atomic E-state index is 0.460.